The van der Waals surface area contributed by atoms with E-state index < -0.39 is 7.60 Å². The van der Waals surface area contributed by atoms with Crippen molar-refractivity contribution in [3.8, 4) is 0 Å². The molecule has 0 bridgehead atoms. The van der Waals surface area contributed by atoms with E-state index in [9.17, 15) is 9.36 Å². The summed E-state index contributed by atoms with van der Waals surface area (Å²) in [5, 5.41) is 0. The molecule has 0 atom stereocenters. The third kappa shape index (κ3) is 11.4. The van der Waals surface area contributed by atoms with Crippen molar-refractivity contribution in [1.82, 2.24) is 0 Å². The van der Waals surface area contributed by atoms with Gasteiger partial charge in [0, 0.05) is 6.92 Å². The van der Waals surface area contributed by atoms with Gasteiger partial charge in [0.2, 0.25) is 0 Å². The number of hydrogen-bond acceptors (Lipinski definition) is 6. The molecule has 0 N–H and O–H groups in total. The van der Waals surface area contributed by atoms with Crippen molar-refractivity contribution in [2.24, 2.45) is 0 Å². The molecule has 0 aromatic heterocycles. The Kier molecular flexibility index (Phi) is 12.1. The lowest BCUT2D eigenvalue weighted by atomic mass is 10.2. The molecule has 0 spiro atoms. The monoisotopic (exact) mass is 310 g/mol. The molecule has 0 aliphatic heterocycles. The molecule has 0 aliphatic carbocycles. The van der Waals surface area contributed by atoms with E-state index >= 15 is 0 Å². The highest BCUT2D eigenvalue weighted by Crippen LogP contribution is 2.48. The summed E-state index contributed by atoms with van der Waals surface area (Å²) in [5.74, 6) is -0.340. The van der Waals surface area contributed by atoms with E-state index in [1.54, 1.807) is 0 Å². The molecular formula is C13H27O6P. The average molecular weight is 310 g/mol. The fourth-order valence-electron chi connectivity index (χ4n) is 1.61. The smallest absolute Gasteiger partial charge is 0.330 e. The summed E-state index contributed by atoms with van der Waals surface area (Å²) in [7, 11) is -2.89. The molecule has 6 nitrogen and oxygen atoms in total. The first kappa shape index (κ1) is 19.6. The zero-order chi connectivity index (χ0) is 15.3. The van der Waals surface area contributed by atoms with Crippen LogP contribution in [-0.2, 0) is 27.9 Å². The van der Waals surface area contributed by atoms with Crippen LogP contribution in [0.15, 0.2) is 0 Å². The Balaban J connectivity index is 3.50. The number of rotatable bonds is 13. The minimum absolute atomic E-state index is 0.0131. The Morgan fingerprint density at radius 3 is 2.15 bits per heavy atom. The Labute approximate surface area is 121 Å². The summed E-state index contributed by atoms with van der Waals surface area (Å²) in [4.78, 5) is 10.5. The average Bonchev–Trinajstić information content (AvgIpc) is 2.37. The van der Waals surface area contributed by atoms with Gasteiger partial charge in [-0.3, -0.25) is 9.36 Å². The molecule has 0 unspecified atom stereocenters. The van der Waals surface area contributed by atoms with Crippen LogP contribution in [0.2, 0.25) is 0 Å². The number of carbonyl (C=O) groups excluding carboxylic acids is 1. The van der Waals surface area contributed by atoms with Crippen LogP contribution < -0.4 is 0 Å². The van der Waals surface area contributed by atoms with Gasteiger partial charge in [0.1, 0.15) is 0 Å². The van der Waals surface area contributed by atoms with Crippen molar-refractivity contribution in [3.05, 3.63) is 0 Å². The van der Waals surface area contributed by atoms with Crippen molar-refractivity contribution in [1.29, 1.82) is 0 Å². The quantitative estimate of drug-likeness (QED) is 0.225. The summed E-state index contributed by atoms with van der Waals surface area (Å²) in [6, 6.07) is 0. The molecule has 0 saturated carbocycles. The first-order valence-electron chi connectivity index (χ1n) is 7.13. The van der Waals surface area contributed by atoms with Gasteiger partial charge in [0.15, 0.2) is 6.79 Å². The zero-order valence-corrected chi connectivity index (χ0v) is 13.7. The summed E-state index contributed by atoms with van der Waals surface area (Å²) in [6.07, 6.45) is 4.07. The Hall–Kier alpha value is -0.420. The van der Waals surface area contributed by atoms with Crippen molar-refractivity contribution in [2.75, 3.05) is 32.8 Å². The summed E-state index contributed by atoms with van der Waals surface area (Å²) < 4.78 is 32.3. The molecule has 0 rings (SSSR count). The maximum Gasteiger partial charge on any atom is 0.330 e. The van der Waals surface area contributed by atoms with Crippen molar-refractivity contribution < 1.29 is 27.9 Å². The topological polar surface area (TPSA) is 71.1 Å². The number of unbranched alkanes of at least 4 members (excludes halogenated alkanes) is 3. The lowest BCUT2D eigenvalue weighted by Crippen LogP contribution is -2.05. The Morgan fingerprint density at radius 2 is 1.60 bits per heavy atom. The second-order valence-corrected chi connectivity index (χ2v) is 6.43. The molecule has 0 saturated heterocycles. The highest BCUT2D eigenvalue weighted by Gasteiger charge is 2.22. The molecular weight excluding hydrogens is 283 g/mol. The summed E-state index contributed by atoms with van der Waals surface area (Å²) in [5.41, 5.74) is 0. The summed E-state index contributed by atoms with van der Waals surface area (Å²) >= 11 is 0. The predicted octanol–water partition coefficient (Wildman–Crippen LogP) is 3.35. The molecule has 0 fully saturated rings. The van der Waals surface area contributed by atoms with Crippen LogP contribution in [0.5, 0.6) is 0 Å². The van der Waals surface area contributed by atoms with Crippen LogP contribution in [0.4, 0.5) is 0 Å². The van der Waals surface area contributed by atoms with Gasteiger partial charge in [-0.25, -0.2) is 0 Å². The first-order valence-corrected chi connectivity index (χ1v) is 8.86. The van der Waals surface area contributed by atoms with E-state index in [1.807, 2.05) is 13.8 Å². The Bertz CT molecular complexity index is 285. The lowest BCUT2D eigenvalue weighted by Gasteiger charge is -2.16. The normalized spacial score (nSPS) is 11.6. The van der Waals surface area contributed by atoms with E-state index in [1.165, 1.54) is 6.92 Å². The maximum absolute atomic E-state index is 12.1. The van der Waals surface area contributed by atoms with Crippen LogP contribution in [0.3, 0.4) is 0 Å². The number of ether oxygens (including phenoxy) is 2. The SMILES string of the molecule is CCOP(=O)(CCCCCCOCOC(C)=O)OCC. The van der Waals surface area contributed by atoms with Gasteiger partial charge >= 0.3 is 13.6 Å². The van der Waals surface area contributed by atoms with Crippen LogP contribution in [0.1, 0.15) is 46.5 Å². The molecule has 0 aromatic rings. The van der Waals surface area contributed by atoms with Crippen molar-refractivity contribution in [3.63, 3.8) is 0 Å². The number of carbonyl (C=O) groups is 1. The highest BCUT2D eigenvalue weighted by molar-refractivity contribution is 7.53. The van der Waals surface area contributed by atoms with Gasteiger partial charge in [-0.2, -0.15) is 0 Å². The van der Waals surface area contributed by atoms with E-state index in [4.69, 9.17) is 13.8 Å². The zero-order valence-electron chi connectivity index (χ0n) is 12.8. The summed E-state index contributed by atoms with van der Waals surface area (Å²) in [6.45, 7) is 6.35. The fourth-order valence-corrected chi connectivity index (χ4v) is 3.34. The van der Waals surface area contributed by atoms with Crippen LogP contribution in [0.25, 0.3) is 0 Å². The van der Waals surface area contributed by atoms with Crippen LogP contribution in [0, 0.1) is 0 Å². The maximum atomic E-state index is 12.1. The van der Waals surface area contributed by atoms with Gasteiger partial charge in [0.25, 0.3) is 0 Å². The minimum atomic E-state index is -2.89. The van der Waals surface area contributed by atoms with E-state index in [-0.39, 0.29) is 12.8 Å². The van der Waals surface area contributed by atoms with Gasteiger partial charge in [0.05, 0.1) is 26.0 Å². The van der Waals surface area contributed by atoms with Gasteiger partial charge in [-0.1, -0.05) is 12.8 Å². The van der Waals surface area contributed by atoms with Crippen molar-refractivity contribution in [2.45, 2.75) is 46.5 Å². The fraction of sp³-hybridized carbons (Fsp3) is 0.923. The Morgan fingerprint density at radius 1 is 1.00 bits per heavy atom. The third-order valence-corrected chi connectivity index (χ3v) is 4.63. The number of esters is 1. The molecule has 0 amide bonds. The van der Waals surface area contributed by atoms with Crippen molar-refractivity contribution >= 4 is 13.6 Å². The molecule has 0 aliphatic rings. The molecule has 0 radical (unpaired) electrons. The van der Waals surface area contributed by atoms with Crippen LogP contribution >= 0.6 is 7.60 Å². The lowest BCUT2D eigenvalue weighted by molar-refractivity contribution is -0.153. The van der Waals surface area contributed by atoms with E-state index in [0.29, 0.717) is 26.0 Å². The van der Waals surface area contributed by atoms with Gasteiger partial charge in [-0.15, -0.1) is 0 Å². The number of hydrogen-bond donors (Lipinski definition) is 0. The second kappa shape index (κ2) is 12.3. The predicted molar refractivity (Wildman–Crippen MR) is 76.8 cm³/mol. The van der Waals surface area contributed by atoms with E-state index in [2.05, 4.69) is 4.74 Å². The van der Waals surface area contributed by atoms with Gasteiger partial charge in [-0.05, 0) is 26.7 Å². The molecule has 7 heteroatoms. The molecule has 0 aromatic carbocycles. The van der Waals surface area contributed by atoms with Gasteiger partial charge < -0.3 is 18.5 Å². The second-order valence-electron chi connectivity index (χ2n) is 4.25. The minimum Gasteiger partial charge on any atom is -0.439 e. The van der Waals surface area contributed by atoms with Crippen LogP contribution in [-0.4, -0.2) is 38.7 Å². The first-order chi connectivity index (χ1) is 9.54. The molecule has 120 valence electrons. The highest BCUT2D eigenvalue weighted by atomic mass is 31.2. The standard InChI is InChI=1S/C13H27O6P/c1-4-18-20(15,19-5-2)11-9-7-6-8-10-16-12-17-13(3)14/h4-12H2,1-3H3. The van der Waals surface area contributed by atoms with E-state index in [0.717, 1.165) is 25.7 Å². The largest absolute Gasteiger partial charge is 0.439 e. The molecule has 20 heavy (non-hydrogen) atoms. The molecule has 0 heterocycles. The third-order valence-electron chi connectivity index (χ3n) is 2.47.